The van der Waals surface area contributed by atoms with Gasteiger partial charge in [0.05, 0.1) is 41.0 Å². The molecule has 14 nitrogen and oxygen atoms in total. The average Bonchev–Trinajstić information content (AvgIpc) is 3.74. The van der Waals surface area contributed by atoms with Crippen molar-refractivity contribution in [1.29, 1.82) is 0 Å². The van der Waals surface area contributed by atoms with Gasteiger partial charge in [0, 0.05) is 51.6 Å². The third kappa shape index (κ3) is 7.09. The van der Waals surface area contributed by atoms with Gasteiger partial charge in [-0.2, -0.15) is 0 Å². The number of aromatic carboxylic acids is 1. The lowest BCUT2D eigenvalue weighted by atomic mass is 9.85. The third-order valence-corrected chi connectivity index (χ3v) is 9.97. The predicted molar refractivity (Wildman–Crippen MR) is 194 cm³/mol. The van der Waals surface area contributed by atoms with E-state index in [-0.39, 0.29) is 35.2 Å². The van der Waals surface area contributed by atoms with E-state index in [0.29, 0.717) is 34.4 Å². The maximum absolute atomic E-state index is 13.0. The van der Waals surface area contributed by atoms with Crippen LogP contribution in [0.5, 0.6) is 0 Å². The van der Waals surface area contributed by atoms with Gasteiger partial charge < -0.3 is 35.7 Å². The van der Waals surface area contributed by atoms with Crippen LogP contribution in [0.2, 0.25) is 0 Å². The number of amides is 1. The second-order valence-corrected chi connectivity index (χ2v) is 13.1. The Morgan fingerprint density at radius 2 is 1.60 bits per heavy atom. The molecule has 0 saturated heterocycles. The van der Waals surface area contributed by atoms with Gasteiger partial charge in [0.15, 0.2) is 0 Å². The van der Waals surface area contributed by atoms with E-state index in [0.717, 1.165) is 33.5 Å². The van der Waals surface area contributed by atoms with Crippen LogP contribution in [-0.2, 0) is 25.6 Å². The van der Waals surface area contributed by atoms with Crippen molar-refractivity contribution in [2.24, 2.45) is 0 Å². The number of carboxylic acid groups (broad SMARTS) is 4. The molecule has 14 heteroatoms. The molecular formula is C38H41N5O9. The van der Waals surface area contributed by atoms with Crippen LogP contribution >= 0.6 is 0 Å². The predicted octanol–water partition coefficient (Wildman–Crippen LogP) is 5.95. The molecule has 2 aliphatic rings. The molecule has 0 fully saturated rings. The van der Waals surface area contributed by atoms with Gasteiger partial charge in [0.1, 0.15) is 6.04 Å². The number of aromatic amines is 2. The third-order valence-electron chi connectivity index (χ3n) is 9.97. The summed E-state index contributed by atoms with van der Waals surface area (Å²) in [7, 11) is 0. The minimum atomic E-state index is -1.65. The molecule has 52 heavy (non-hydrogen) atoms. The van der Waals surface area contributed by atoms with E-state index < -0.39 is 60.5 Å². The highest BCUT2D eigenvalue weighted by molar-refractivity contribution is 6.03. The van der Waals surface area contributed by atoms with Crippen molar-refractivity contribution in [2.75, 3.05) is 0 Å². The highest BCUT2D eigenvalue weighted by Gasteiger charge is 2.34. The van der Waals surface area contributed by atoms with Gasteiger partial charge in [-0.25, -0.2) is 14.6 Å². The molecule has 3 aromatic heterocycles. The van der Waals surface area contributed by atoms with Crippen LogP contribution < -0.4 is 5.32 Å². The summed E-state index contributed by atoms with van der Waals surface area (Å²) in [6.45, 7) is 13.4. The molecule has 0 aromatic carbocycles. The van der Waals surface area contributed by atoms with Crippen molar-refractivity contribution in [1.82, 2.24) is 25.3 Å². The van der Waals surface area contributed by atoms with E-state index in [9.17, 15) is 39.3 Å². The van der Waals surface area contributed by atoms with E-state index >= 15 is 0 Å². The number of carbonyl (C=O) groups is 5. The lowest BCUT2D eigenvalue weighted by molar-refractivity contribution is -0.147. The number of aromatic nitrogens is 4. The summed E-state index contributed by atoms with van der Waals surface area (Å²) in [6.07, 6.45) is 0.801. The quantitative estimate of drug-likeness (QED) is 0.116. The SMILES string of the molecule is C=Cc1c(C)c2cc3nc(c(CC(=O)O)c4[nH]c(cc5nc(cc1[nH]2)C(C)=C5CC)c(C)c4C(=O)O)[C@H](CCC(=O)NC(CC(=O)O)C(=O)O)C3C. The largest absolute Gasteiger partial charge is 0.481 e. The van der Waals surface area contributed by atoms with E-state index in [1.807, 2.05) is 39.8 Å². The van der Waals surface area contributed by atoms with Crippen molar-refractivity contribution in [3.05, 3.63) is 75.4 Å². The Kier molecular flexibility index (Phi) is 10.5. The van der Waals surface area contributed by atoms with Crippen LogP contribution in [0.3, 0.4) is 0 Å². The Labute approximate surface area is 298 Å². The molecule has 5 rings (SSSR count). The molecule has 7 N–H and O–H groups in total. The molecule has 0 aliphatic carbocycles. The van der Waals surface area contributed by atoms with Crippen molar-refractivity contribution in [3.63, 3.8) is 0 Å². The van der Waals surface area contributed by atoms with E-state index in [1.165, 1.54) is 0 Å². The molecule has 1 amide bonds. The number of aliphatic carboxylic acids is 3. The Bertz CT molecular complexity index is 2240. The summed E-state index contributed by atoms with van der Waals surface area (Å²) in [6, 6.07) is 3.90. The minimum Gasteiger partial charge on any atom is -0.481 e. The van der Waals surface area contributed by atoms with Crippen molar-refractivity contribution in [2.45, 2.75) is 84.6 Å². The molecule has 3 aromatic rings. The normalized spacial score (nSPS) is 16.0. The first-order chi connectivity index (χ1) is 24.6. The van der Waals surface area contributed by atoms with Gasteiger partial charge in [-0.15, -0.1) is 0 Å². The van der Waals surface area contributed by atoms with Crippen molar-refractivity contribution >= 4 is 69.1 Å². The first kappa shape index (κ1) is 37.2. The number of carbonyl (C=O) groups excluding carboxylic acids is 1. The summed E-state index contributed by atoms with van der Waals surface area (Å²) >= 11 is 0. The van der Waals surface area contributed by atoms with Gasteiger partial charge in [-0.3, -0.25) is 19.4 Å². The van der Waals surface area contributed by atoms with Gasteiger partial charge >= 0.3 is 23.9 Å². The fourth-order valence-corrected chi connectivity index (χ4v) is 7.18. The second-order valence-electron chi connectivity index (χ2n) is 13.1. The smallest absolute Gasteiger partial charge is 0.338 e. The first-order valence-corrected chi connectivity index (χ1v) is 16.8. The number of nitrogens with zero attached hydrogens (tertiary/aromatic N) is 2. The van der Waals surface area contributed by atoms with Gasteiger partial charge in [-0.05, 0) is 74.1 Å². The monoisotopic (exact) mass is 711 g/mol. The molecule has 5 heterocycles. The molecule has 2 aliphatic heterocycles. The Balaban J connectivity index is 1.85. The van der Waals surface area contributed by atoms with E-state index in [2.05, 4.69) is 21.9 Å². The van der Waals surface area contributed by atoms with Crippen LogP contribution in [0, 0.1) is 13.8 Å². The van der Waals surface area contributed by atoms with E-state index in [4.69, 9.17) is 15.1 Å². The summed E-state index contributed by atoms with van der Waals surface area (Å²) < 4.78 is 0. The number of aryl methyl sites for hydroxylation is 2. The zero-order chi connectivity index (χ0) is 38.2. The number of fused-ring (bicyclic) bond motifs is 8. The standard InChI is InChI=1S/C38H41N5O9/c1-7-20-16(3)24-12-26-18(5)22(9-10-31(44)41-30(37(49)50)15-33(47)48)35(42-26)23(11-32(45)46)36-34(38(51)52)19(6)27(43-36)14-29-21(8-2)17(4)25(40-29)13-28(20)39-24/h7,12-14,18,22,30,39,43H,1,8-11,15H2,2-6H3,(H,41,44)(H,45,46)(H,47,48)(H,49,50)(H,51,52)/t18?,22-,30?/m1/s1. The highest BCUT2D eigenvalue weighted by atomic mass is 16.4. The lowest BCUT2D eigenvalue weighted by Crippen LogP contribution is -2.42. The van der Waals surface area contributed by atoms with Gasteiger partial charge in [-0.1, -0.05) is 26.5 Å². The fraction of sp³-hybridized carbons (Fsp3) is 0.342. The molecule has 272 valence electrons. The lowest BCUT2D eigenvalue weighted by Gasteiger charge is -2.19. The molecule has 8 bridgehead atoms. The number of carboxylic acids is 4. The van der Waals surface area contributed by atoms with Crippen LogP contribution in [0.25, 0.3) is 39.3 Å². The Morgan fingerprint density at radius 1 is 0.923 bits per heavy atom. The number of allylic oxidation sites excluding steroid dienone is 2. The summed E-state index contributed by atoms with van der Waals surface area (Å²) in [5, 5.41) is 41.5. The van der Waals surface area contributed by atoms with Crippen molar-refractivity contribution in [3.8, 4) is 0 Å². The average molecular weight is 712 g/mol. The van der Waals surface area contributed by atoms with Crippen LogP contribution in [0.1, 0.15) is 114 Å². The van der Waals surface area contributed by atoms with Crippen LogP contribution in [0.15, 0.2) is 24.8 Å². The summed E-state index contributed by atoms with van der Waals surface area (Å²) in [5.74, 6) is -7.15. The zero-order valence-corrected chi connectivity index (χ0v) is 29.5. The number of hydrogen-bond acceptors (Lipinski definition) is 7. The second kappa shape index (κ2) is 14.7. The number of rotatable bonds is 12. The fourth-order valence-electron chi connectivity index (χ4n) is 7.18. The zero-order valence-electron chi connectivity index (χ0n) is 29.5. The van der Waals surface area contributed by atoms with Gasteiger partial charge in [0.2, 0.25) is 5.91 Å². The first-order valence-electron chi connectivity index (χ1n) is 16.8. The summed E-state index contributed by atoms with van der Waals surface area (Å²) in [4.78, 5) is 77.7. The molecule has 0 radical (unpaired) electrons. The molecule has 0 spiro atoms. The number of H-pyrrole nitrogens is 2. The number of nitrogens with one attached hydrogen (secondary N) is 3. The maximum atomic E-state index is 13.0. The molecule has 0 saturated carbocycles. The number of hydrogen-bond donors (Lipinski definition) is 7. The molecule has 3 atom stereocenters. The topological polar surface area (TPSA) is 236 Å². The van der Waals surface area contributed by atoms with Gasteiger partial charge in [0.25, 0.3) is 0 Å². The summed E-state index contributed by atoms with van der Waals surface area (Å²) in [5.41, 5.74) is 8.19. The molecule has 2 unspecified atom stereocenters. The molecular weight excluding hydrogens is 670 g/mol. The maximum Gasteiger partial charge on any atom is 0.338 e. The van der Waals surface area contributed by atoms with Crippen molar-refractivity contribution < 1.29 is 44.4 Å². The van der Waals surface area contributed by atoms with Crippen LogP contribution in [0.4, 0.5) is 0 Å². The minimum absolute atomic E-state index is 0.0620. The highest BCUT2D eigenvalue weighted by Crippen LogP contribution is 2.43. The Hall–Kier alpha value is -6.05. The van der Waals surface area contributed by atoms with Crippen LogP contribution in [-0.4, -0.2) is 76.2 Å². The Morgan fingerprint density at radius 3 is 2.19 bits per heavy atom. The van der Waals surface area contributed by atoms with E-state index in [1.54, 1.807) is 19.1 Å².